The van der Waals surface area contributed by atoms with Crippen molar-refractivity contribution in [3.63, 3.8) is 0 Å². The van der Waals surface area contributed by atoms with Crippen LogP contribution in [-0.2, 0) is 0 Å². The van der Waals surface area contributed by atoms with Crippen LogP contribution < -0.4 is 52.6 Å². The Morgan fingerprint density at radius 1 is 0.395 bits per heavy atom. The molecule has 38 heavy (non-hydrogen) atoms. The van der Waals surface area contributed by atoms with Gasteiger partial charge in [0.05, 0.1) is 11.9 Å². The quantitative estimate of drug-likeness (QED) is 0.191. The number of hydrogen-bond donors (Lipinski definition) is 0. The minimum absolute atomic E-state index is 0.0287. The van der Waals surface area contributed by atoms with Gasteiger partial charge in [-0.25, -0.2) is 0 Å². The van der Waals surface area contributed by atoms with Gasteiger partial charge in [-0.3, -0.25) is 0 Å². The molecule has 0 saturated carbocycles. The molecule has 4 nitrogen and oxygen atoms in total. The molecular weight excluding hydrogens is 702 g/mol. The number of carbonyl (C=O) groups excluding carboxylic acids is 2. The monoisotopic (exact) mass is 726 g/mol. The molecule has 0 radical (unpaired) electrons. The molecule has 0 bridgehead atoms. The second-order valence-corrected chi connectivity index (χ2v) is 13.6. The molecule has 0 unspecified atom stereocenters. The standard InChI is InChI=1S/2C12H10I.C8H6O4/c2*1-3-7-11(8-4-1)13-12-9-5-2-6-10-12;9-7(10)5-2-1-3-6(4-5)8(11)12/h2*1-10H;1-4H,(H,9,10)(H,11,12)/q2*+1;/p-2. The highest BCUT2D eigenvalue weighted by Crippen LogP contribution is 2.02. The topological polar surface area (TPSA) is 80.3 Å². The lowest BCUT2D eigenvalue weighted by atomic mass is 10.1. The van der Waals surface area contributed by atoms with Crippen LogP contribution in [0.15, 0.2) is 146 Å². The molecule has 0 atom stereocenters. The average molecular weight is 726 g/mol. The second-order valence-electron chi connectivity index (χ2n) is 7.53. The van der Waals surface area contributed by atoms with Crippen molar-refractivity contribution in [2.75, 3.05) is 0 Å². The Morgan fingerprint density at radius 2 is 0.658 bits per heavy atom. The van der Waals surface area contributed by atoms with Gasteiger partial charge in [-0.1, -0.05) is 91.0 Å². The van der Waals surface area contributed by atoms with E-state index in [0.29, 0.717) is 0 Å². The van der Waals surface area contributed by atoms with Gasteiger partial charge in [-0.15, -0.1) is 0 Å². The van der Waals surface area contributed by atoms with Crippen LogP contribution in [0.5, 0.6) is 0 Å². The van der Waals surface area contributed by atoms with E-state index >= 15 is 0 Å². The van der Waals surface area contributed by atoms with Crippen molar-refractivity contribution in [1.82, 2.24) is 0 Å². The van der Waals surface area contributed by atoms with Crippen molar-refractivity contribution in [2.45, 2.75) is 0 Å². The Morgan fingerprint density at radius 3 is 0.895 bits per heavy atom. The Balaban J connectivity index is 0.000000158. The summed E-state index contributed by atoms with van der Waals surface area (Å²) in [5, 5.41) is 20.5. The van der Waals surface area contributed by atoms with Crippen LogP contribution in [0.4, 0.5) is 0 Å². The van der Waals surface area contributed by atoms with Crippen LogP contribution in [0.25, 0.3) is 0 Å². The van der Waals surface area contributed by atoms with Gasteiger partial charge in [0.15, 0.2) is 14.3 Å². The van der Waals surface area contributed by atoms with Gasteiger partial charge in [0.2, 0.25) is 0 Å². The van der Waals surface area contributed by atoms with Gasteiger partial charge in [-0.2, -0.15) is 0 Å². The Hall–Kier alpha value is -3.50. The zero-order valence-electron chi connectivity index (χ0n) is 20.2. The van der Waals surface area contributed by atoms with Gasteiger partial charge in [0, 0.05) is 0 Å². The number of rotatable bonds is 6. The van der Waals surface area contributed by atoms with E-state index < -0.39 is 11.9 Å². The Labute approximate surface area is 243 Å². The maximum absolute atomic E-state index is 10.3. The molecule has 5 aromatic rings. The van der Waals surface area contributed by atoms with Gasteiger partial charge < -0.3 is 19.8 Å². The fourth-order valence-corrected chi connectivity index (χ4v) is 7.47. The molecule has 0 heterocycles. The SMILES string of the molecule is O=C([O-])c1cccc(C(=O)[O-])c1.c1ccc([I+]c2ccccc2)cc1.c1ccc([I+]c2ccccc2)cc1. The molecule has 0 N–H and O–H groups in total. The first-order valence-electron chi connectivity index (χ1n) is 11.5. The maximum Gasteiger partial charge on any atom is 0.357 e. The van der Waals surface area contributed by atoms with Crippen LogP contribution in [0.2, 0.25) is 0 Å². The first kappa shape index (κ1) is 29.1. The van der Waals surface area contributed by atoms with Crippen LogP contribution in [0.1, 0.15) is 20.7 Å². The molecular formula is C32H24I2O4. The summed E-state index contributed by atoms with van der Waals surface area (Å²) < 4.78 is 5.92. The molecule has 5 rings (SSSR count). The van der Waals surface area contributed by atoms with E-state index in [-0.39, 0.29) is 53.5 Å². The Bertz CT molecular complexity index is 1210. The lowest BCUT2D eigenvalue weighted by Gasteiger charge is -2.05. The van der Waals surface area contributed by atoms with E-state index in [1.807, 2.05) is 0 Å². The molecule has 0 spiro atoms. The average Bonchev–Trinajstić information content (AvgIpc) is 2.96. The number of carboxylic acid groups (broad SMARTS) is 2. The van der Waals surface area contributed by atoms with Gasteiger partial charge in [0.25, 0.3) is 0 Å². The molecule has 0 fully saturated rings. The summed E-state index contributed by atoms with van der Waals surface area (Å²) in [6, 6.07) is 47.6. The minimum Gasteiger partial charge on any atom is -0.545 e. The molecule has 0 amide bonds. The molecule has 0 aliphatic rings. The third kappa shape index (κ3) is 10.9. The number of hydrogen-bond acceptors (Lipinski definition) is 4. The van der Waals surface area contributed by atoms with Gasteiger partial charge in [-0.05, 0) is 65.7 Å². The fraction of sp³-hybridized carbons (Fsp3) is 0. The molecule has 0 aliphatic heterocycles. The highest BCUT2D eigenvalue weighted by atomic mass is 127. The molecule has 0 aromatic heterocycles. The van der Waals surface area contributed by atoms with Crippen LogP contribution in [-0.4, -0.2) is 11.9 Å². The summed E-state index contributed by atoms with van der Waals surface area (Å²) in [6.45, 7) is 0. The smallest absolute Gasteiger partial charge is 0.357 e. The van der Waals surface area contributed by atoms with Crippen molar-refractivity contribution in [3.05, 3.63) is 171 Å². The molecule has 190 valence electrons. The van der Waals surface area contributed by atoms with Gasteiger partial charge in [0.1, 0.15) is 0 Å². The summed E-state index contributed by atoms with van der Waals surface area (Å²) in [6.07, 6.45) is 0. The molecule has 5 aromatic carbocycles. The van der Waals surface area contributed by atoms with Gasteiger partial charge >= 0.3 is 42.4 Å². The van der Waals surface area contributed by atoms with Crippen molar-refractivity contribution < 1.29 is 62.2 Å². The number of carbonyl (C=O) groups is 2. The summed E-state index contributed by atoms with van der Waals surface area (Å²) in [7, 11) is 0. The number of carboxylic acids is 2. The summed E-state index contributed by atoms with van der Waals surface area (Å²) in [5.41, 5.74) is -0.339. The van der Waals surface area contributed by atoms with Crippen molar-refractivity contribution in [2.24, 2.45) is 0 Å². The van der Waals surface area contributed by atoms with E-state index in [0.717, 1.165) is 6.07 Å². The molecule has 6 heteroatoms. The second kappa shape index (κ2) is 16.4. The van der Waals surface area contributed by atoms with Crippen LogP contribution in [0, 0.1) is 14.3 Å². The van der Waals surface area contributed by atoms with Crippen LogP contribution >= 0.6 is 0 Å². The molecule has 0 aliphatic carbocycles. The summed E-state index contributed by atoms with van der Waals surface area (Å²) in [5.74, 6) is -2.81. The van der Waals surface area contributed by atoms with Crippen molar-refractivity contribution in [3.8, 4) is 0 Å². The van der Waals surface area contributed by atoms with Crippen LogP contribution in [0.3, 0.4) is 0 Å². The zero-order valence-corrected chi connectivity index (χ0v) is 24.6. The Kier molecular flexibility index (Phi) is 12.5. The predicted octanol–water partition coefficient (Wildman–Crippen LogP) is -1.96. The normalized spacial score (nSPS) is 9.68. The van der Waals surface area contributed by atoms with E-state index in [9.17, 15) is 19.8 Å². The van der Waals surface area contributed by atoms with E-state index in [1.54, 1.807) is 0 Å². The lowest BCUT2D eigenvalue weighted by molar-refractivity contribution is -0.597. The highest BCUT2D eigenvalue weighted by molar-refractivity contribution is 5.91. The number of halogens is 2. The maximum atomic E-state index is 10.3. The minimum atomic E-state index is -1.40. The molecule has 0 saturated heterocycles. The number of benzene rings is 5. The predicted molar refractivity (Wildman–Crippen MR) is 136 cm³/mol. The highest BCUT2D eigenvalue weighted by Gasteiger charge is 2.13. The third-order valence-corrected chi connectivity index (χ3v) is 10.1. The van der Waals surface area contributed by atoms with E-state index in [1.165, 1.54) is 32.5 Å². The first-order valence-corrected chi connectivity index (χ1v) is 15.9. The fourth-order valence-electron chi connectivity index (χ4n) is 2.94. The van der Waals surface area contributed by atoms with E-state index in [4.69, 9.17) is 0 Å². The van der Waals surface area contributed by atoms with Crippen molar-refractivity contribution in [1.29, 1.82) is 0 Å². The third-order valence-electron chi connectivity index (χ3n) is 4.70. The number of aromatic carboxylic acids is 2. The summed E-state index contributed by atoms with van der Waals surface area (Å²) >= 11 is 0.0574. The van der Waals surface area contributed by atoms with Crippen molar-refractivity contribution >= 4 is 11.9 Å². The first-order chi connectivity index (χ1) is 18.5. The summed E-state index contributed by atoms with van der Waals surface area (Å²) in [4.78, 5) is 20.5. The lowest BCUT2D eigenvalue weighted by Crippen LogP contribution is -3.61. The zero-order chi connectivity index (χ0) is 27.0. The van der Waals surface area contributed by atoms with E-state index in [2.05, 4.69) is 121 Å². The largest absolute Gasteiger partial charge is 0.545 e.